The minimum Gasteiger partial charge on any atom is -0.497 e. The van der Waals surface area contributed by atoms with Crippen molar-refractivity contribution in [2.24, 2.45) is 0 Å². The maximum atomic E-state index is 13.6. The number of carbonyl (C=O) groups excluding carboxylic acids is 1. The van der Waals surface area contributed by atoms with Gasteiger partial charge in [0.05, 0.1) is 24.2 Å². The van der Waals surface area contributed by atoms with E-state index >= 15 is 0 Å². The lowest BCUT2D eigenvalue weighted by atomic mass is 10.0. The summed E-state index contributed by atoms with van der Waals surface area (Å²) in [6.45, 7) is 0.117. The van der Waals surface area contributed by atoms with E-state index in [1.165, 1.54) is 6.07 Å². The fourth-order valence-electron chi connectivity index (χ4n) is 4.26. The molecule has 0 spiro atoms. The Labute approximate surface area is 178 Å². The van der Waals surface area contributed by atoms with Crippen LogP contribution in [0.5, 0.6) is 5.75 Å². The summed E-state index contributed by atoms with van der Waals surface area (Å²) in [4.78, 5) is 18.8. The Hall–Kier alpha value is -3.03. The van der Waals surface area contributed by atoms with E-state index in [1.54, 1.807) is 30.2 Å². The first-order valence-electron chi connectivity index (χ1n) is 10.3. The fraction of sp³-hybridized carbons (Fsp3) is 0.391. The largest absolute Gasteiger partial charge is 0.497 e. The number of halogens is 3. The molecule has 1 aliphatic heterocycles. The Morgan fingerprint density at radius 3 is 2.55 bits per heavy atom. The zero-order valence-electron chi connectivity index (χ0n) is 17.2. The highest BCUT2D eigenvalue weighted by Crippen LogP contribution is 2.34. The summed E-state index contributed by atoms with van der Waals surface area (Å²) in [5, 5.41) is 0. The van der Waals surface area contributed by atoms with E-state index in [2.05, 4.69) is 4.98 Å². The minimum absolute atomic E-state index is 0.176. The van der Waals surface area contributed by atoms with Crippen molar-refractivity contribution in [2.75, 3.05) is 13.7 Å². The number of amides is 1. The second kappa shape index (κ2) is 8.61. The van der Waals surface area contributed by atoms with Crippen molar-refractivity contribution in [2.45, 2.75) is 44.4 Å². The molecule has 0 radical (unpaired) electrons. The molecule has 1 atom stereocenters. The van der Waals surface area contributed by atoms with Gasteiger partial charge in [-0.2, -0.15) is 13.2 Å². The maximum absolute atomic E-state index is 13.6. The molecule has 4 rings (SSSR count). The van der Waals surface area contributed by atoms with E-state index in [4.69, 9.17) is 4.74 Å². The summed E-state index contributed by atoms with van der Waals surface area (Å²) in [6, 6.07) is 13.7. The molecule has 1 fully saturated rings. The molecule has 5 nitrogen and oxygen atoms in total. The van der Waals surface area contributed by atoms with Crippen LogP contribution in [0.3, 0.4) is 0 Å². The van der Waals surface area contributed by atoms with Gasteiger partial charge in [0.15, 0.2) is 0 Å². The third-order valence-electron chi connectivity index (χ3n) is 5.78. The van der Waals surface area contributed by atoms with Crippen LogP contribution in [0.25, 0.3) is 11.0 Å². The molecule has 0 saturated carbocycles. The van der Waals surface area contributed by atoms with Gasteiger partial charge in [-0.25, -0.2) is 4.98 Å². The second-order valence-corrected chi connectivity index (χ2v) is 7.73. The average Bonchev–Trinajstić information content (AvgIpc) is 2.95. The van der Waals surface area contributed by atoms with Gasteiger partial charge in [0.1, 0.15) is 12.3 Å². The molecule has 1 amide bonds. The van der Waals surface area contributed by atoms with Gasteiger partial charge in [0.2, 0.25) is 11.7 Å². The Morgan fingerprint density at radius 1 is 1.10 bits per heavy atom. The Kier molecular flexibility index (Phi) is 5.89. The van der Waals surface area contributed by atoms with Gasteiger partial charge < -0.3 is 14.2 Å². The summed E-state index contributed by atoms with van der Waals surface area (Å²) in [5.41, 5.74) is 1.49. The number of benzene rings is 2. The Morgan fingerprint density at radius 2 is 1.84 bits per heavy atom. The molecular formula is C23H24F3N3O2. The van der Waals surface area contributed by atoms with E-state index in [0.717, 1.165) is 41.6 Å². The monoisotopic (exact) mass is 431 g/mol. The molecule has 3 aromatic rings. The van der Waals surface area contributed by atoms with E-state index in [0.29, 0.717) is 12.1 Å². The van der Waals surface area contributed by atoms with E-state index < -0.39 is 18.5 Å². The van der Waals surface area contributed by atoms with Crippen molar-refractivity contribution >= 4 is 16.9 Å². The SMILES string of the molecule is COc1ccc([C@H]2CCCCCN2C(=O)Cn2c(C(F)(F)F)nc3ccccc32)cc1. The highest BCUT2D eigenvalue weighted by molar-refractivity contribution is 5.81. The van der Waals surface area contributed by atoms with Gasteiger partial charge >= 0.3 is 6.18 Å². The number of hydrogen-bond donors (Lipinski definition) is 0. The van der Waals surface area contributed by atoms with Gasteiger partial charge in [0.25, 0.3) is 0 Å². The van der Waals surface area contributed by atoms with Gasteiger partial charge in [-0.1, -0.05) is 37.1 Å². The van der Waals surface area contributed by atoms with Crippen LogP contribution >= 0.6 is 0 Å². The maximum Gasteiger partial charge on any atom is 0.449 e. The first kappa shape index (κ1) is 21.2. The number of nitrogens with zero attached hydrogens (tertiary/aromatic N) is 3. The van der Waals surface area contributed by atoms with Crippen LogP contribution < -0.4 is 4.74 Å². The van der Waals surface area contributed by atoms with Crippen LogP contribution in [-0.2, 0) is 17.5 Å². The van der Waals surface area contributed by atoms with Crippen molar-refractivity contribution in [1.82, 2.24) is 14.5 Å². The van der Waals surface area contributed by atoms with Crippen molar-refractivity contribution in [3.05, 3.63) is 59.9 Å². The smallest absolute Gasteiger partial charge is 0.449 e. The molecular weight excluding hydrogens is 407 g/mol. The van der Waals surface area contributed by atoms with E-state index in [1.807, 2.05) is 24.3 Å². The number of fused-ring (bicyclic) bond motifs is 1. The summed E-state index contributed by atoms with van der Waals surface area (Å²) in [6.07, 6.45) is -1.10. The number of methoxy groups -OCH3 is 1. The van der Waals surface area contributed by atoms with Crippen molar-refractivity contribution < 1.29 is 22.7 Å². The van der Waals surface area contributed by atoms with Gasteiger partial charge in [-0.3, -0.25) is 4.79 Å². The van der Waals surface area contributed by atoms with Crippen LogP contribution in [0, 0.1) is 0 Å². The van der Waals surface area contributed by atoms with E-state index in [-0.39, 0.29) is 17.5 Å². The zero-order valence-corrected chi connectivity index (χ0v) is 17.2. The molecule has 0 bridgehead atoms. The lowest BCUT2D eigenvalue weighted by Crippen LogP contribution is -2.37. The molecule has 0 aliphatic carbocycles. The van der Waals surface area contributed by atoms with Gasteiger partial charge in [-0.15, -0.1) is 0 Å². The number of likely N-dealkylation sites (tertiary alicyclic amines) is 1. The molecule has 1 aromatic heterocycles. The number of para-hydroxylation sites is 2. The first-order valence-corrected chi connectivity index (χ1v) is 10.3. The third-order valence-corrected chi connectivity index (χ3v) is 5.78. The van der Waals surface area contributed by atoms with E-state index in [9.17, 15) is 18.0 Å². The van der Waals surface area contributed by atoms with Crippen LogP contribution in [0.15, 0.2) is 48.5 Å². The molecule has 31 heavy (non-hydrogen) atoms. The van der Waals surface area contributed by atoms with Crippen LogP contribution in [-0.4, -0.2) is 34.0 Å². The topological polar surface area (TPSA) is 47.4 Å². The quantitative estimate of drug-likeness (QED) is 0.570. The molecule has 2 aromatic carbocycles. The number of imidazole rings is 1. The highest BCUT2D eigenvalue weighted by atomic mass is 19.4. The summed E-state index contributed by atoms with van der Waals surface area (Å²) < 4.78 is 47.1. The molecule has 0 N–H and O–H groups in total. The molecule has 8 heteroatoms. The van der Waals surface area contributed by atoms with Crippen LogP contribution in [0.4, 0.5) is 13.2 Å². The Balaban J connectivity index is 1.67. The average molecular weight is 431 g/mol. The predicted octanol–water partition coefficient (Wildman–Crippen LogP) is 5.21. The number of aromatic nitrogens is 2. The number of hydrogen-bond acceptors (Lipinski definition) is 3. The number of ether oxygens (including phenoxy) is 1. The van der Waals surface area contributed by atoms with Crippen molar-refractivity contribution in [3.63, 3.8) is 0 Å². The van der Waals surface area contributed by atoms with Gasteiger partial charge in [0, 0.05) is 6.54 Å². The summed E-state index contributed by atoms with van der Waals surface area (Å²) in [7, 11) is 1.59. The first-order chi connectivity index (χ1) is 14.9. The molecule has 1 saturated heterocycles. The second-order valence-electron chi connectivity index (χ2n) is 7.73. The van der Waals surface area contributed by atoms with Crippen molar-refractivity contribution in [3.8, 4) is 5.75 Å². The molecule has 2 heterocycles. The normalized spacial score (nSPS) is 17.5. The lowest BCUT2D eigenvalue weighted by Gasteiger charge is -2.31. The third kappa shape index (κ3) is 4.38. The predicted molar refractivity (Wildman–Crippen MR) is 111 cm³/mol. The number of alkyl halides is 3. The number of rotatable bonds is 4. The minimum atomic E-state index is -4.65. The van der Waals surface area contributed by atoms with Crippen LogP contribution in [0.1, 0.15) is 43.1 Å². The van der Waals surface area contributed by atoms with Gasteiger partial charge in [-0.05, 0) is 42.7 Å². The molecule has 0 unspecified atom stereocenters. The van der Waals surface area contributed by atoms with Crippen molar-refractivity contribution in [1.29, 1.82) is 0 Å². The lowest BCUT2D eigenvalue weighted by molar-refractivity contribution is -0.148. The highest BCUT2D eigenvalue weighted by Gasteiger charge is 2.38. The summed E-state index contributed by atoms with van der Waals surface area (Å²) >= 11 is 0. The van der Waals surface area contributed by atoms with Crippen LogP contribution in [0.2, 0.25) is 0 Å². The zero-order chi connectivity index (χ0) is 22.0. The summed E-state index contributed by atoms with van der Waals surface area (Å²) in [5.74, 6) is -0.663. The Bertz CT molecular complexity index is 1060. The molecule has 1 aliphatic rings. The molecule has 164 valence electrons. The standard InChI is InChI=1S/C23H24F3N3O2/c1-31-17-12-10-16(11-13-17)19-8-3-2-6-14-28(19)21(30)15-29-20-9-5-4-7-18(20)27-22(29)23(24,25)26/h4-5,7,9-13,19H,2-3,6,8,14-15H2,1H3/t19-/m1/s1. The number of carbonyl (C=O) groups is 1. The fourth-order valence-corrected chi connectivity index (χ4v) is 4.26.